The van der Waals surface area contributed by atoms with E-state index in [0.717, 1.165) is 32.1 Å². The molecule has 0 radical (unpaired) electrons. The molecule has 114 valence electrons. The molecule has 21 heavy (non-hydrogen) atoms. The maximum Gasteiger partial charge on any atom is 0.161 e. The molecule has 4 aliphatic carbocycles. The summed E-state index contributed by atoms with van der Waals surface area (Å²) >= 11 is 0. The fourth-order valence-corrected chi connectivity index (χ4v) is 5.92. The first kappa shape index (κ1) is 13.8. The Morgan fingerprint density at radius 1 is 1.19 bits per heavy atom. The zero-order valence-electron chi connectivity index (χ0n) is 13.1. The predicted molar refractivity (Wildman–Crippen MR) is 82.6 cm³/mol. The first-order valence-electron chi connectivity index (χ1n) is 8.55. The van der Waals surface area contributed by atoms with Crippen LogP contribution in [0.5, 0.6) is 0 Å². The fourth-order valence-electron chi connectivity index (χ4n) is 5.92. The van der Waals surface area contributed by atoms with E-state index in [1.807, 2.05) is 6.08 Å². The number of fused-ring (bicyclic) bond motifs is 5. The van der Waals surface area contributed by atoms with E-state index in [4.69, 9.17) is 0 Å². The Bertz CT molecular complexity index is 546. The minimum absolute atomic E-state index is 0.128. The summed E-state index contributed by atoms with van der Waals surface area (Å²) in [6, 6.07) is 0. The van der Waals surface area contributed by atoms with Crippen LogP contribution in [0.3, 0.4) is 0 Å². The van der Waals surface area contributed by atoms with Crippen LogP contribution in [-0.2, 0) is 4.79 Å². The van der Waals surface area contributed by atoms with E-state index in [1.54, 1.807) is 0 Å². The topological polar surface area (TPSA) is 37.3 Å². The Hall–Kier alpha value is -0.890. The van der Waals surface area contributed by atoms with Crippen molar-refractivity contribution in [3.05, 3.63) is 23.8 Å². The summed E-state index contributed by atoms with van der Waals surface area (Å²) in [5.74, 6) is 2.10. The van der Waals surface area contributed by atoms with E-state index in [2.05, 4.69) is 26.0 Å². The van der Waals surface area contributed by atoms with Crippen LogP contribution in [0.25, 0.3) is 0 Å². The Morgan fingerprint density at radius 2 is 1.95 bits per heavy atom. The lowest BCUT2D eigenvalue weighted by molar-refractivity contribution is -0.129. The molecular weight excluding hydrogens is 260 g/mol. The molecule has 1 N–H and O–H groups in total. The molecule has 4 rings (SSSR count). The predicted octanol–water partition coefficient (Wildman–Crippen LogP) is 3.66. The number of hydrogen-bond donors (Lipinski definition) is 1. The van der Waals surface area contributed by atoms with Crippen LogP contribution < -0.4 is 0 Å². The van der Waals surface area contributed by atoms with Crippen LogP contribution in [0.4, 0.5) is 0 Å². The van der Waals surface area contributed by atoms with Gasteiger partial charge in [-0.2, -0.15) is 0 Å². The second-order valence-electron chi connectivity index (χ2n) is 8.25. The van der Waals surface area contributed by atoms with Gasteiger partial charge in [-0.1, -0.05) is 31.6 Å². The molecule has 0 aromatic rings. The third-order valence-electron chi connectivity index (χ3n) is 7.35. The van der Waals surface area contributed by atoms with Gasteiger partial charge < -0.3 is 5.11 Å². The van der Waals surface area contributed by atoms with E-state index >= 15 is 0 Å². The smallest absolute Gasteiger partial charge is 0.161 e. The van der Waals surface area contributed by atoms with Crippen LogP contribution >= 0.6 is 0 Å². The highest BCUT2D eigenvalue weighted by Crippen LogP contribution is 2.62. The van der Waals surface area contributed by atoms with Crippen molar-refractivity contribution >= 4 is 5.78 Å². The standard InChI is InChI=1S/C19H26O2/c1-18-9-7-13(20)11-12(18)3-4-14-15-5-6-17(21)19(15,2)10-8-16(14)18/h3,5-6,13-16,20H,4,7-11H2,1-2H3/t13?,14-,15-,16-,18-,19-/m0/s1. The minimum Gasteiger partial charge on any atom is -0.393 e. The van der Waals surface area contributed by atoms with Gasteiger partial charge in [0.25, 0.3) is 0 Å². The lowest BCUT2D eigenvalue weighted by Gasteiger charge is -2.56. The average Bonchev–Trinajstić information content (AvgIpc) is 2.76. The lowest BCUT2D eigenvalue weighted by Crippen LogP contribution is -2.50. The molecule has 0 aromatic carbocycles. The monoisotopic (exact) mass is 286 g/mol. The summed E-state index contributed by atoms with van der Waals surface area (Å²) < 4.78 is 0. The first-order valence-corrected chi connectivity index (χ1v) is 8.55. The second-order valence-corrected chi connectivity index (χ2v) is 8.25. The number of hydrogen-bond acceptors (Lipinski definition) is 2. The summed E-state index contributed by atoms with van der Waals surface area (Å²) in [6.07, 6.45) is 12.6. The van der Waals surface area contributed by atoms with Crippen molar-refractivity contribution in [2.75, 3.05) is 0 Å². The maximum atomic E-state index is 12.3. The summed E-state index contributed by atoms with van der Waals surface area (Å²) in [5, 5.41) is 9.99. The van der Waals surface area contributed by atoms with Crippen LogP contribution in [0.15, 0.2) is 23.8 Å². The molecule has 2 heteroatoms. The van der Waals surface area contributed by atoms with Gasteiger partial charge in [0.2, 0.25) is 0 Å². The number of aliphatic hydroxyl groups is 1. The zero-order valence-corrected chi connectivity index (χ0v) is 13.1. The third kappa shape index (κ3) is 1.72. The molecule has 0 heterocycles. The van der Waals surface area contributed by atoms with Gasteiger partial charge in [0.15, 0.2) is 5.78 Å². The van der Waals surface area contributed by atoms with Crippen LogP contribution in [0.1, 0.15) is 52.4 Å². The SMILES string of the molecule is C[C@]12CCC(O)CC1=CC[C@@H]1[C@@H]2CC[C@]2(C)C(=O)C=C[C@@H]12. The van der Waals surface area contributed by atoms with Gasteiger partial charge in [0.05, 0.1) is 6.10 Å². The Labute approximate surface area is 127 Å². The van der Waals surface area contributed by atoms with Gasteiger partial charge in [-0.15, -0.1) is 0 Å². The molecule has 0 aromatic heterocycles. The van der Waals surface area contributed by atoms with Crippen molar-refractivity contribution in [1.29, 1.82) is 0 Å². The summed E-state index contributed by atoms with van der Waals surface area (Å²) in [7, 11) is 0. The summed E-state index contributed by atoms with van der Waals surface area (Å²) in [4.78, 5) is 12.3. The third-order valence-corrected chi connectivity index (χ3v) is 7.35. The van der Waals surface area contributed by atoms with Gasteiger partial charge in [-0.05, 0) is 67.8 Å². The van der Waals surface area contributed by atoms with Crippen LogP contribution in [0, 0.1) is 28.6 Å². The second kappa shape index (κ2) is 4.32. The highest BCUT2D eigenvalue weighted by Gasteiger charge is 2.57. The number of ketones is 1. The lowest BCUT2D eigenvalue weighted by atomic mass is 9.48. The molecule has 2 saturated carbocycles. The van der Waals surface area contributed by atoms with E-state index in [1.165, 1.54) is 12.0 Å². The van der Waals surface area contributed by atoms with Crippen molar-refractivity contribution in [3.8, 4) is 0 Å². The number of carbonyl (C=O) groups excluding carboxylic acids is 1. The molecular formula is C19H26O2. The first-order chi connectivity index (χ1) is 9.95. The van der Waals surface area contributed by atoms with Crippen molar-refractivity contribution in [3.63, 3.8) is 0 Å². The van der Waals surface area contributed by atoms with Gasteiger partial charge >= 0.3 is 0 Å². The summed E-state index contributed by atoms with van der Waals surface area (Å²) in [5.41, 5.74) is 1.64. The van der Waals surface area contributed by atoms with Crippen LogP contribution in [0.2, 0.25) is 0 Å². The maximum absolute atomic E-state index is 12.3. The zero-order chi connectivity index (χ0) is 14.8. The van der Waals surface area contributed by atoms with Gasteiger partial charge in [-0.25, -0.2) is 0 Å². The Kier molecular flexibility index (Phi) is 2.83. The molecule has 0 amide bonds. The van der Waals surface area contributed by atoms with E-state index in [-0.39, 0.29) is 16.9 Å². The highest BCUT2D eigenvalue weighted by molar-refractivity contribution is 5.97. The normalized spacial score (nSPS) is 52.0. The number of rotatable bonds is 0. The Balaban J connectivity index is 1.71. The molecule has 0 bridgehead atoms. The van der Waals surface area contributed by atoms with Gasteiger partial charge in [0.1, 0.15) is 0 Å². The quantitative estimate of drug-likeness (QED) is 0.690. The van der Waals surface area contributed by atoms with Crippen LogP contribution in [-0.4, -0.2) is 17.0 Å². The number of carbonyl (C=O) groups is 1. The molecule has 1 unspecified atom stereocenters. The number of aliphatic hydroxyl groups excluding tert-OH is 1. The molecule has 6 atom stereocenters. The van der Waals surface area contributed by atoms with Crippen molar-refractivity contribution in [2.45, 2.75) is 58.5 Å². The molecule has 0 aliphatic heterocycles. The van der Waals surface area contributed by atoms with Crippen molar-refractivity contribution in [1.82, 2.24) is 0 Å². The summed E-state index contributed by atoms with van der Waals surface area (Å²) in [6.45, 7) is 4.60. The van der Waals surface area contributed by atoms with Gasteiger partial charge in [0, 0.05) is 5.41 Å². The van der Waals surface area contributed by atoms with E-state index in [9.17, 15) is 9.90 Å². The van der Waals surface area contributed by atoms with E-state index in [0.29, 0.717) is 23.5 Å². The van der Waals surface area contributed by atoms with Crippen molar-refractivity contribution in [2.24, 2.45) is 28.6 Å². The highest BCUT2D eigenvalue weighted by atomic mass is 16.3. The van der Waals surface area contributed by atoms with Crippen molar-refractivity contribution < 1.29 is 9.90 Å². The largest absolute Gasteiger partial charge is 0.393 e. The number of allylic oxidation sites excluding steroid dienone is 3. The molecule has 4 aliphatic rings. The fraction of sp³-hybridized carbons (Fsp3) is 0.737. The minimum atomic E-state index is -0.136. The Morgan fingerprint density at radius 3 is 2.76 bits per heavy atom. The molecule has 2 nitrogen and oxygen atoms in total. The molecule has 2 fully saturated rings. The van der Waals surface area contributed by atoms with Gasteiger partial charge in [-0.3, -0.25) is 4.79 Å². The molecule has 0 saturated heterocycles. The van der Waals surface area contributed by atoms with E-state index < -0.39 is 0 Å². The average molecular weight is 286 g/mol. The molecule has 0 spiro atoms.